The molecule has 124 valence electrons. The molecule has 2 aromatic rings. The van der Waals surface area contributed by atoms with Crippen LogP contribution in [-0.2, 0) is 11.3 Å². The number of hydrogen-bond donors (Lipinski definition) is 0. The van der Waals surface area contributed by atoms with Crippen molar-refractivity contribution in [2.45, 2.75) is 19.1 Å². The molecule has 9 heteroatoms. The van der Waals surface area contributed by atoms with Gasteiger partial charge in [-0.05, 0) is 16.5 Å². The molecular weight excluding hydrogens is 311 g/mol. The van der Waals surface area contributed by atoms with Gasteiger partial charge in [0.25, 0.3) is 0 Å². The Hall–Kier alpha value is -2.16. The van der Waals surface area contributed by atoms with Crippen molar-refractivity contribution >= 4 is 5.95 Å². The monoisotopic (exact) mass is 327 g/mol. The standard InChI is InChI=1S/C14H16F3N5O/c15-4-3-12-9-21(5-6-23-12)14-18-19-20-22(14)8-10-1-2-11(16)7-13(10)17/h1-2,7,12H,3-6,8-9H2. The molecule has 1 aromatic heterocycles. The Bertz CT molecular complexity index is 664. The number of hydrogen-bond acceptors (Lipinski definition) is 5. The number of rotatable bonds is 5. The van der Waals surface area contributed by atoms with Gasteiger partial charge < -0.3 is 9.64 Å². The summed E-state index contributed by atoms with van der Waals surface area (Å²) >= 11 is 0. The summed E-state index contributed by atoms with van der Waals surface area (Å²) in [5, 5.41) is 11.4. The molecule has 0 amide bonds. The summed E-state index contributed by atoms with van der Waals surface area (Å²) in [4.78, 5) is 1.88. The van der Waals surface area contributed by atoms with E-state index in [0.29, 0.717) is 32.1 Å². The van der Waals surface area contributed by atoms with E-state index in [4.69, 9.17) is 4.74 Å². The molecule has 1 aliphatic rings. The maximum atomic E-state index is 13.8. The fourth-order valence-electron chi connectivity index (χ4n) is 2.54. The van der Waals surface area contributed by atoms with Gasteiger partial charge in [0.15, 0.2) is 0 Å². The maximum Gasteiger partial charge on any atom is 0.246 e. The Morgan fingerprint density at radius 1 is 1.30 bits per heavy atom. The van der Waals surface area contributed by atoms with Crippen LogP contribution in [0, 0.1) is 11.6 Å². The van der Waals surface area contributed by atoms with Crippen molar-refractivity contribution in [2.24, 2.45) is 0 Å². The highest BCUT2D eigenvalue weighted by atomic mass is 19.1. The minimum atomic E-state index is -0.649. The van der Waals surface area contributed by atoms with Crippen molar-refractivity contribution in [1.82, 2.24) is 20.2 Å². The maximum absolute atomic E-state index is 13.8. The first-order chi connectivity index (χ1) is 11.2. The predicted octanol–water partition coefficient (Wildman–Crippen LogP) is 1.56. The fraction of sp³-hybridized carbons (Fsp3) is 0.500. The fourth-order valence-corrected chi connectivity index (χ4v) is 2.54. The molecule has 0 aliphatic carbocycles. The number of aromatic nitrogens is 4. The Morgan fingerprint density at radius 2 is 2.17 bits per heavy atom. The second-order valence-corrected chi connectivity index (χ2v) is 5.29. The summed E-state index contributed by atoms with van der Waals surface area (Å²) in [7, 11) is 0. The van der Waals surface area contributed by atoms with Gasteiger partial charge in [0.2, 0.25) is 5.95 Å². The van der Waals surface area contributed by atoms with Gasteiger partial charge >= 0.3 is 0 Å². The third-order valence-corrected chi connectivity index (χ3v) is 3.70. The van der Waals surface area contributed by atoms with Gasteiger partial charge in [-0.3, -0.25) is 4.39 Å². The average molecular weight is 327 g/mol. The van der Waals surface area contributed by atoms with Crippen LogP contribution >= 0.6 is 0 Å². The molecule has 0 N–H and O–H groups in total. The van der Waals surface area contributed by atoms with Crippen molar-refractivity contribution in [2.75, 3.05) is 31.3 Å². The van der Waals surface area contributed by atoms with Crippen molar-refractivity contribution in [3.63, 3.8) is 0 Å². The van der Waals surface area contributed by atoms with Crippen LogP contribution < -0.4 is 4.90 Å². The first kappa shape index (κ1) is 15.7. The normalized spacial score (nSPS) is 18.4. The van der Waals surface area contributed by atoms with Crippen molar-refractivity contribution in [3.05, 3.63) is 35.4 Å². The van der Waals surface area contributed by atoms with Gasteiger partial charge in [0.05, 0.1) is 25.9 Å². The average Bonchev–Trinajstić information content (AvgIpc) is 2.99. The molecule has 0 spiro atoms. The number of tetrazole rings is 1. The highest BCUT2D eigenvalue weighted by molar-refractivity contribution is 5.30. The van der Waals surface area contributed by atoms with E-state index in [0.717, 1.165) is 6.07 Å². The SMILES string of the molecule is FCCC1CN(c2nnnn2Cc2ccc(F)cc2F)CCO1. The zero-order valence-electron chi connectivity index (χ0n) is 12.3. The van der Waals surface area contributed by atoms with Crippen LogP contribution in [0.2, 0.25) is 0 Å². The second-order valence-electron chi connectivity index (χ2n) is 5.29. The van der Waals surface area contributed by atoms with Gasteiger partial charge in [-0.1, -0.05) is 11.2 Å². The molecule has 3 rings (SSSR count). The van der Waals surface area contributed by atoms with Gasteiger partial charge in [-0.2, -0.15) is 0 Å². The Kier molecular flexibility index (Phi) is 4.75. The third-order valence-electron chi connectivity index (χ3n) is 3.70. The molecule has 1 aliphatic heterocycles. The van der Waals surface area contributed by atoms with E-state index in [1.54, 1.807) is 0 Å². The number of ether oxygens (including phenoxy) is 1. The topological polar surface area (TPSA) is 56.1 Å². The first-order valence-corrected chi connectivity index (χ1v) is 7.30. The zero-order valence-corrected chi connectivity index (χ0v) is 12.3. The van der Waals surface area contributed by atoms with Crippen molar-refractivity contribution in [3.8, 4) is 0 Å². The second kappa shape index (κ2) is 6.95. The first-order valence-electron chi connectivity index (χ1n) is 7.30. The van der Waals surface area contributed by atoms with E-state index in [1.165, 1.54) is 16.8 Å². The van der Waals surface area contributed by atoms with Gasteiger partial charge in [-0.15, -0.1) is 0 Å². The van der Waals surface area contributed by atoms with Crippen LogP contribution in [0.15, 0.2) is 18.2 Å². The molecule has 0 radical (unpaired) electrons. The summed E-state index contributed by atoms with van der Waals surface area (Å²) in [5.74, 6) is -0.824. The molecule has 1 unspecified atom stereocenters. The van der Waals surface area contributed by atoms with E-state index in [9.17, 15) is 13.2 Å². The van der Waals surface area contributed by atoms with E-state index in [1.807, 2.05) is 4.90 Å². The quantitative estimate of drug-likeness (QED) is 0.834. The molecule has 2 heterocycles. The Balaban J connectivity index is 1.76. The smallest absolute Gasteiger partial charge is 0.246 e. The zero-order chi connectivity index (χ0) is 16.2. The van der Waals surface area contributed by atoms with Gasteiger partial charge in [0, 0.05) is 31.1 Å². The largest absolute Gasteiger partial charge is 0.374 e. The molecule has 23 heavy (non-hydrogen) atoms. The lowest BCUT2D eigenvalue weighted by molar-refractivity contribution is 0.0305. The van der Waals surface area contributed by atoms with Crippen molar-refractivity contribution in [1.29, 1.82) is 0 Å². The summed E-state index contributed by atoms with van der Waals surface area (Å²) in [6.45, 7) is 1.11. The number of anilines is 1. The molecule has 6 nitrogen and oxygen atoms in total. The molecule has 1 saturated heterocycles. The van der Waals surface area contributed by atoms with E-state index in [-0.39, 0.29) is 18.2 Å². The number of nitrogens with zero attached hydrogens (tertiary/aromatic N) is 5. The minimum absolute atomic E-state index is 0.0829. The summed E-state index contributed by atoms with van der Waals surface area (Å²) in [6.07, 6.45) is 0.0893. The van der Waals surface area contributed by atoms with Crippen LogP contribution in [0.5, 0.6) is 0 Å². The lowest BCUT2D eigenvalue weighted by Crippen LogP contribution is -2.44. The molecule has 1 aromatic carbocycles. The minimum Gasteiger partial charge on any atom is -0.374 e. The number of benzene rings is 1. The van der Waals surface area contributed by atoms with E-state index < -0.39 is 18.3 Å². The van der Waals surface area contributed by atoms with E-state index in [2.05, 4.69) is 15.5 Å². The van der Waals surface area contributed by atoms with Crippen LogP contribution in [0.25, 0.3) is 0 Å². The Labute approximate surface area is 130 Å². The molecular formula is C14H16F3N5O. The summed E-state index contributed by atoms with van der Waals surface area (Å²) in [6, 6.07) is 3.38. The van der Waals surface area contributed by atoms with Crippen LogP contribution in [0.4, 0.5) is 19.1 Å². The molecule has 1 fully saturated rings. The number of halogens is 3. The Morgan fingerprint density at radius 3 is 2.96 bits per heavy atom. The van der Waals surface area contributed by atoms with E-state index >= 15 is 0 Å². The number of morpholine rings is 1. The third kappa shape index (κ3) is 3.61. The van der Waals surface area contributed by atoms with Crippen LogP contribution in [0.1, 0.15) is 12.0 Å². The van der Waals surface area contributed by atoms with Gasteiger partial charge in [0.1, 0.15) is 11.6 Å². The van der Waals surface area contributed by atoms with Gasteiger partial charge in [-0.25, -0.2) is 13.5 Å². The lowest BCUT2D eigenvalue weighted by Gasteiger charge is -2.32. The highest BCUT2D eigenvalue weighted by Gasteiger charge is 2.24. The lowest BCUT2D eigenvalue weighted by atomic mass is 10.2. The predicted molar refractivity (Wildman–Crippen MR) is 75.8 cm³/mol. The molecule has 0 saturated carbocycles. The highest BCUT2D eigenvalue weighted by Crippen LogP contribution is 2.18. The van der Waals surface area contributed by atoms with Crippen LogP contribution in [-0.4, -0.2) is 52.7 Å². The van der Waals surface area contributed by atoms with Crippen LogP contribution in [0.3, 0.4) is 0 Å². The molecule has 1 atom stereocenters. The van der Waals surface area contributed by atoms with Crippen molar-refractivity contribution < 1.29 is 17.9 Å². The number of alkyl halides is 1. The molecule has 0 bridgehead atoms. The summed E-state index contributed by atoms with van der Waals surface area (Å²) in [5.41, 5.74) is 0.286. The summed E-state index contributed by atoms with van der Waals surface area (Å²) < 4.78 is 46.1.